The van der Waals surface area contributed by atoms with Crippen molar-refractivity contribution in [2.24, 2.45) is 0 Å². The van der Waals surface area contributed by atoms with E-state index in [4.69, 9.17) is 0 Å². The first-order valence-corrected chi connectivity index (χ1v) is 5.99. The summed E-state index contributed by atoms with van der Waals surface area (Å²) in [5, 5.41) is 0. The van der Waals surface area contributed by atoms with Crippen molar-refractivity contribution in [1.82, 2.24) is 9.97 Å². The van der Waals surface area contributed by atoms with Gasteiger partial charge in [0.05, 0.1) is 20.3 Å². The minimum Gasteiger partial charge on any atom is -0.248 e. The lowest BCUT2D eigenvalue weighted by Crippen LogP contribution is -1.99. The number of nitrogens with zero attached hydrogens (tertiary/aromatic N) is 2. The van der Waals surface area contributed by atoms with Gasteiger partial charge in [-0.1, -0.05) is 0 Å². The number of halogens is 4. The van der Waals surface area contributed by atoms with Crippen LogP contribution in [0.15, 0.2) is 8.95 Å². The van der Waals surface area contributed by atoms with Crippen molar-refractivity contribution in [2.45, 2.75) is 13.8 Å². The van der Waals surface area contributed by atoms with Crippen LogP contribution < -0.4 is 0 Å². The highest BCUT2D eigenvalue weighted by Gasteiger charge is 2.19. The summed E-state index contributed by atoms with van der Waals surface area (Å²) in [6, 6.07) is 0. The molecule has 0 spiro atoms. The summed E-state index contributed by atoms with van der Waals surface area (Å²) in [7, 11) is 0. The SMILES string of the molecule is Cc1nc2c(Br)c(F)c(F)c(Br)c2nc1C. The standard InChI is InChI=1S/C10H6Br2F2N2/c1-3-4(2)16-10-6(12)8(14)7(13)5(11)9(10)15-3/h1-2H3. The Morgan fingerprint density at radius 3 is 1.44 bits per heavy atom. The molecule has 0 saturated carbocycles. The second kappa shape index (κ2) is 4.00. The largest absolute Gasteiger partial charge is 0.248 e. The van der Waals surface area contributed by atoms with E-state index in [-0.39, 0.29) is 8.95 Å². The zero-order valence-electron chi connectivity index (χ0n) is 8.41. The Kier molecular flexibility index (Phi) is 2.96. The molecule has 1 heterocycles. The number of benzene rings is 1. The van der Waals surface area contributed by atoms with E-state index >= 15 is 0 Å². The van der Waals surface area contributed by atoms with Crippen LogP contribution in [0.3, 0.4) is 0 Å². The fourth-order valence-corrected chi connectivity index (χ4v) is 2.21. The Morgan fingerprint density at radius 1 is 0.812 bits per heavy atom. The summed E-state index contributed by atoms with van der Waals surface area (Å²) < 4.78 is 26.9. The number of hydrogen-bond acceptors (Lipinski definition) is 2. The monoisotopic (exact) mass is 350 g/mol. The maximum atomic E-state index is 13.4. The van der Waals surface area contributed by atoms with E-state index < -0.39 is 11.6 Å². The van der Waals surface area contributed by atoms with Gasteiger partial charge in [-0.3, -0.25) is 0 Å². The molecular weight excluding hydrogens is 346 g/mol. The second-order valence-corrected chi connectivity index (χ2v) is 4.93. The number of aromatic nitrogens is 2. The van der Waals surface area contributed by atoms with E-state index in [2.05, 4.69) is 41.8 Å². The van der Waals surface area contributed by atoms with Crippen molar-refractivity contribution >= 4 is 42.9 Å². The highest BCUT2D eigenvalue weighted by atomic mass is 79.9. The quantitative estimate of drug-likeness (QED) is 0.528. The smallest absolute Gasteiger partial charge is 0.176 e. The molecule has 2 aromatic rings. The molecule has 16 heavy (non-hydrogen) atoms. The molecule has 0 atom stereocenters. The normalized spacial score (nSPS) is 11.1. The highest BCUT2D eigenvalue weighted by molar-refractivity contribution is 9.11. The predicted molar refractivity (Wildman–Crippen MR) is 64.3 cm³/mol. The predicted octanol–water partition coefficient (Wildman–Crippen LogP) is 4.05. The molecule has 0 bridgehead atoms. The Hall–Kier alpha value is -0.620. The fourth-order valence-electron chi connectivity index (χ4n) is 1.31. The molecular formula is C10H6Br2F2N2. The van der Waals surface area contributed by atoms with Gasteiger partial charge in [0.2, 0.25) is 0 Å². The number of aryl methyl sites for hydroxylation is 2. The third-order valence-electron chi connectivity index (χ3n) is 2.30. The highest BCUT2D eigenvalue weighted by Crippen LogP contribution is 2.33. The lowest BCUT2D eigenvalue weighted by atomic mass is 10.2. The van der Waals surface area contributed by atoms with E-state index in [0.29, 0.717) is 22.4 Å². The van der Waals surface area contributed by atoms with Gasteiger partial charge in [0.1, 0.15) is 11.0 Å². The summed E-state index contributed by atoms with van der Waals surface area (Å²) in [5.41, 5.74) is 2.00. The van der Waals surface area contributed by atoms with Crippen LogP contribution in [0.1, 0.15) is 11.4 Å². The molecule has 0 fully saturated rings. The van der Waals surface area contributed by atoms with Gasteiger partial charge in [-0.25, -0.2) is 18.7 Å². The van der Waals surface area contributed by atoms with Crippen LogP contribution in [0.4, 0.5) is 8.78 Å². The van der Waals surface area contributed by atoms with Crippen LogP contribution in [0.5, 0.6) is 0 Å². The van der Waals surface area contributed by atoms with E-state index in [9.17, 15) is 8.78 Å². The van der Waals surface area contributed by atoms with Gasteiger partial charge in [-0.15, -0.1) is 0 Å². The molecule has 2 rings (SSSR count). The van der Waals surface area contributed by atoms with Crippen molar-refractivity contribution < 1.29 is 8.78 Å². The Morgan fingerprint density at radius 2 is 1.12 bits per heavy atom. The number of fused-ring (bicyclic) bond motifs is 1. The molecule has 0 radical (unpaired) electrons. The number of hydrogen-bond donors (Lipinski definition) is 0. The minimum absolute atomic E-state index is 0.00111. The summed E-state index contributed by atoms with van der Waals surface area (Å²) >= 11 is 5.97. The molecule has 0 aliphatic carbocycles. The van der Waals surface area contributed by atoms with Crippen LogP contribution >= 0.6 is 31.9 Å². The summed E-state index contributed by atoms with van der Waals surface area (Å²) in [5.74, 6) is -1.92. The van der Waals surface area contributed by atoms with Gasteiger partial charge in [0, 0.05) is 0 Å². The second-order valence-electron chi connectivity index (χ2n) is 3.35. The van der Waals surface area contributed by atoms with Crippen LogP contribution in [-0.2, 0) is 0 Å². The van der Waals surface area contributed by atoms with Crippen molar-refractivity contribution in [1.29, 1.82) is 0 Å². The van der Waals surface area contributed by atoms with Crippen molar-refractivity contribution in [3.05, 3.63) is 32.0 Å². The molecule has 0 unspecified atom stereocenters. The molecule has 1 aromatic carbocycles. The van der Waals surface area contributed by atoms with Crippen LogP contribution in [0.2, 0.25) is 0 Å². The van der Waals surface area contributed by atoms with Gasteiger partial charge >= 0.3 is 0 Å². The average Bonchev–Trinajstić information content (AvgIpc) is 2.26. The first-order valence-electron chi connectivity index (χ1n) is 4.40. The molecule has 0 aliphatic heterocycles. The van der Waals surface area contributed by atoms with E-state index in [0.717, 1.165) is 0 Å². The van der Waals surface area contributed by atoms with Crippen LogP contribution in [0.25, 0.3) is 11.0 Å². The maximum absolute atomic E-state index is 13.4. The van der Waals surface area contributed by atoms with Gasteiger partial charge in [-0.05, 0) is 45.7 Å². The molecule has 2 nitrogen and oxygen atoms in total. The van der Waals surface area contributed by atoms with Gasteiger partial charge in [-0.2, -0.15) is 0 Å². The average molecular weight is 352 g/mol. The third-order valence-corrected chi connectivity index (χ3v) is 3.75. The summed E-state index contributed by atoms with van der Waals surface area (Å²) in [6.45, 7) is 3.53. The topological polar surface area (TPSA) is 25.8 Å². The Bertz CT molecular complexity index is 547. The molecule has 1 aromatic heterocycles. The zero-order chi connectivity index (χ0) is 12.0. The first-order chi connectivity index (χ1) is 7.43. The summed E-state index contributed by atoms with van der Waals surface area (Å²) in [4.78, 5) is 8.38. The lowest BCUT2D eigenvalue weighted by molar-refractivity contribution is 0.502. The number of rotatable bonds is 0. The lowest BCUT2D eigenvalue weighted by Gasteiger charge is -2.07. The zero-order valence-corrected chi connectivity index (χ0v) is 11.6. The van der Waals surface area contributed by atoms with Crippen molar-refractivity contribution in [2.75, 3.05) is 0 Å². The van der Waals surface area contributed by atoms with E-state index in [1.807, 2.05) is 0 Å². The minimum atomic E-state index is -0.961. The Balaban J connectivity index is 3.02. The molecule has 0 N–H and O–H groups in total. The van der Waals surface area contributed by atoms with Gasteiger partial charge in [0.15, 0.2) is 11.6 Å². The maximum Gasteiger partial charge on any atom is 0.176 e. The van der Waals surface area contributed by atoms with Crippen molar-refractivity contribution in [3.63, 3.8) is 0 Å². The van der Waals surface area contributed by atoms with Gasteiger partial charge in [0.25, 0.3) is 0 Å². The summed E-state index contributed by atoms with van der Waals surface area (Å²) in [6.07, 6.45) is 0. The van der Waals surface area contributed by atoms with E-state index in [1.165, 1.54) is 0 Å². The fraction of sp³-hybridized carbons (Fsp3) is 0.200. The Labute approximate surface area is 107 Å². The van der Waals surface area contributed by atoms with Crippen LogP contribution in [0, 0.1) is 25.5 Å². The van der Waals surface area contributed by atoms with Crippen LogP contribution in [-0.4, -0.2) is 9.97 Å². The van der Waals surface area contributed by atoms with Crippen molar-refractivity contribution in [3.8, 4) is 0 Å². The molecule has 0 aliphatic rings. The molecule has 0 amide bonds. The third kappa shape index (κ3) is 1.64. The van der Waals surface area contributed by atoms with E-state index in [1.54, 1.807) is 13.8 Å². The molecule has 6 heteroatoms. The molecule has 0 saturated heterocycles. The molecule has 84 valence electrons. The van der Waals surface area contributed by atoms with Gasteiger partial charge < -0.3 is 0 Å². The first kappa shape index (κ1) is 11.9.